The number of carbonyl (C=O) groups is 1. The van der Waals surface area contributed by atoms with Crippen LogP contribution in [0.15, 0.2) is 108 Å². The van der Waals surface area contributed by atoms with Gasteiger partial charge in [-0.2, -0.15) is 8.42 Å². The minimum absolute atomic E-state index is 0.0346. The number of anilines is 2. The monoisotopic (exact) mass is 555 g/mol. The lowest BCUT2D eigenvalue weighted by Gasteiger charge is -2.17. The summed E-state index contributed by atoms with van der Waals surface area (Å²) >= 11 is 0. The molecular formula is C30H29N5O4S. The van der Waals surface area contributed by atoms with Crippen LogP contribution in [0.25, 0.3) is 11.0 Å². The molecule has 2 amide bonds. The number of hydrogen-bond acceptors (Lipinski definition) is 6. The minimum atomic E-state index is -4.07. The number of nitrogens with one attached hydrogen (secondary N) is 2. The van der Waals surface area contributed by atoms with Gasteiger partial charge in [-0.05, 0) is 60.4 Å². The molecule has 4 aromatic carbocycles. The van der Waals surface area contributed by atoms with E-state index in [-0.39, 0.29) is 16.6 Å². The fourth-order valence-corrected chi connectivity index (χ4v) is 5.19. The van der Waals surface area contributed by atoms with Gasteiger partial charge in [-0.1, -0.05) is 60.7 Å². The molecule has 4 N–H and O–H groups in total. The second kappa shape index (κ2) is 11.9. The summed E-state index contributed by atoms with van der Waals surface area (Å²) in [5, 5.41) is 3.30. The molecule has 0 spiro atoms. The van der Waals surface area contributed by atoms with Gasteiger partial charge in [0.25, 0.3) is 0 Å². The van der Waals surface area contributed by atoms with Crippen LogP contribution in [0.1, 0.15) is 11.1 Å². The van der Waals surface area contributed by atoms with Gasteiger partial charge in [0.2, 0.25) is 5.95 Å². The smallest absolute Gasteiger partial charge is 0.339 e. The van der Waals surface area contributed by atoms with E-state index < -0.39 is 16.1 Å². The predicted octanol–water partition coefficient (Wildman–Crippen LogP) is 5.11. The molecule has 0 aliphatic rings. The van der Waals surface area contributed by atoms with Crippen LogP contribution in [0, 0.1) is 0 Å². The Kier molecular flexibility index (Phi) is 7.97. The van der Waals surface area contributed by atoms with Crippen LogP contribution in [0.4, 0.5) is 16.4 Å². The molecule has 0 aliphatic carbocycles. The summed E-state index contributed by atoms with van der Waals surface area (Å²) in [5.74, 6) is 0.386. The van der Waals surface area contributed by atoms with E-state index in [0.717, 1.165) is 24.2 Å². The van der Waals surface area contributed by atoms with Gasteiger partial charge in [-0.15, -0.1) is 0 Å². The Hall–Kier alpha value is -4.83. The van der Waals surface area contributed by atoms with Crippen molar-refractivity contribution >= 4 is 38.8 Å². The summed E-state index contributed by atoms with van der Waals surface area (Å²) in [4.78, 5) is 21.0. The zero-order valence-electron chi connectivity index (χ0n) is 21.7. The topological polar surface area (TPSA) is 130 Å². The van der Waals surface area contributed by atoms with Crippen LogP contribution in [-0.2, 0) is 23.0 Å². The van der Waals surface area contributed by atoms with Crippen molar-refractivity contribution in [1.82, 2.24) is 9.97 Å². The predicted molar refractivity (Wildman–Crippen MR) is 156 cm³/mol. The van der Waals surface area contributed by atoms with Crippen molar-refractivity contribution in [3.8, 4) is 5.75 Å². The summed E-state index contributed by atoms with van der Waals surface area (Å²) in [6.45, 7) is 1.05. The number of carbonyl (C=O) groups excluding carboxylic acids is 1. The second-order valence-corrected chi connectivity index (χ2v) is 10.7. The summed E-state index contributed by atoms with van der Waals surface area (Å²) < 4.78 is 31.3. The van der Waals surface area contributed by atoms with Crippen LogP contribution < -0.4 is 20.1 Å². The number of benzene rings is 4. The van der Waals surface area contributed by atoms with Crippen molar-refractivity contribution in [2.75, 3.05) is 23.3 Å². The summed E-state index contributed by atoms with van der Waals surface area (Å²) in [7, 11) is -4.07. The lowest BCUT2D eigenvalue weighted by atomic mass is 10.1. The van der Waals surface area contributed by atoms with Gasteiger partial charge in [0.15, 0.2) is 0 Å². The van der Waals surface area contributed by atoms with E-state index in [1.807, 2.05) is 48.5 Å². The molecule has 10 heteroatoms. The summed E-state index contributed by atoms with van der Waals surface area (Å²) in [6, 6.07) is 30.3. The first-order chi connectivity index (χ1) is 19.4. The van der Waals surface area contributed by atoms with E-state index in [0.29, 0.717) is 24.0 Å². The third-order valence-corrected chi connectivity index (χ3v) is 7.63. The third-order valence-electron chi connectivity index (χ3n) is 6.36. The molecule has 1 heterocycles. The molecule has 0 unspecified atom stereocenters. The zero-order chi connectivity index (χ0) is 28.0. The highest BCUT2D eigenvalue weighted by molar-refractivity contribution is 7.87. The van der Waals surface area contributed by atoms with Gasteiger partial charge in [-0.3, -0.25) is 4.90 Å². The fraction of sp³-hybridized carbons (Fsp3) is 0.133. The minimum Gasteiger partial charge on any atom is -0.385 e. The fourth-order valence-electron chi connectivity index (χ4n) is 4.27. The summed E-state index contributed by atoms with van der Waals surface area (Å²) in [5.41, 5.74) is 9.75. The Bertz CT molecular complexity index is 1690. The average Bonchev–Trinajstić information content (AvgIpc) is 3.37. The number of imidazole rings is 1. The van der Waals surface area contributed by atoms with Crippen molar-refractivity contribution in [3.05, 3.63) is 114 Å². The Labute approximate surface area is 232 Å². The number of amides is 2. The first-order valence-electron chi connectivity index (χ1n) is 12.8. The molecule has 5 rings (SSSR count). The van der Waals surface area contributed by atoms with E-state index in [9.17, 15) is 13.2 Å². The first-order valence-corrected chi connectivity index (χ1v) is 14.2. The highest BCUT2D eigenvalue weighted by atomic mass is 32.2. The molecule has 5 aromatic rings. The molecule has 0 fully saturated rings. The number of aromatic nitrogens is 2. The molecule has 0 saturated carbocycles. The molecule has 1 aromatic heterocycles. The van der Waals surface area contributed by atoms with Crippen LogP contribution in [0.3, 0.4) is 0 Å². The normalized spacial score (nSPS) is 11.3. The second-order valence-electron chi connectivity index (χ2n) is 9.19. The van der Waals surface area contributed by atoms with Crippen molar-refractivity contribution in [2.45, 2.75) is 17.7 Å². The number of nitrogens with two attached hydrogens (primary N) is 1. The molecule has 0 atom stereocenters. The van der Waals surface area contributed by atoms with Crippen LogP contribution in [0.2, 0.25) is 0 Å². The van der Waals surface area contributed by atoms with Crippen LogP contribution in [-0.4, -0.2) is 37.5 Å². The van der Waals surface area contributed by atoms with Crippen molar-refractivity contribution < 1.29 is 17.4 Å². The van der Waals surface area contributed by atoms with Gasteiger partial charge in [0.1, 0.15) is 10.6 Å². The zero-order valence-corrected chi connectivity index (χ0v) is 22.5. The number of hydrogen-bond donors (Lipinski definition) is 3. The van der Waals surface area contributed by atoms with Crippen molar-refractivity contribution in [2.24, 2.45) is 5.73 Å². The Balaban J connectivity index is 1.24. The lowest BCUT2D eigenvalue weighted by Crippen LogP contribution is -2.38. The van der Waals surface area contributed by atoms with E-state index in [1.54, 1.807) is 18.2 Å². The van der Waals surface area contributed by atoms with Gasteiger partial charge in [0.05, 0.1) is 11.0 Å². The molecule has 204 valence electrons. The molecule has 9 nitrogen and oxygen atoms in total. The SMILES string of the molecule is NC(=O)N(CCc1ccccc1)c1nc2ccc(OS(=O)(=O)c3ccc(NCCc4ccccc4)cc3)cc2[nH]1. The molecule has 0 bridgehead atoms. The van der Waals surface area contributed by atoms with Crippen LogP contribution in [0.5, 0.6) is 5.75 Å². The van der Waals surface area contributed by atoms with Crippen LogP contribution >= 0.6 is 0 Å². The molecule has 0 saturated heterocycles. The van der Waals surface area contributed by atoms with E-state index in [2.05, 4.69) is 27.4 Å². The quantitative estimate of drug-likeness (QED) is 0.194. The Morgan fingerprint density at radius 3 is 2.17 bits per heavy atom. The number of aromatic amines is 1. The van der Waals surface area contributed by atoms with E-state index >= 15 is 0 Å². The maximum absolute atomic E-state index is 12.9. The highest BCUT2D eigenvalue weighted by Crippen LogP contribution is 2.26. The van der Waals surface area contributed by atoms with Gasteiger partial charge in [-0.25, -0.2) is 9.78 Å². The molecule has 0 aliphatic heterocycles. The Morgan fingerprint density at radius 2 is 1.52 bits per heavy atom. The van der Waals surface area contributed by atoms with Crippen molar-refractivity contribution in [3.63, 3.8) is 0 Å². The van der Waals surface area contributed by atoms with E-state index in [4.69, 9.17) is 9.92 Å². The standard InChI is InChI=1S/C30H29N5O4S/c31-29(36)35(20-18-23-9-5-2-6-10-23)30-33-27-16-13-25(21-28(27)34-30)39-40(37,38)26-14-11-24(12-15-26)32-19-17-22-7-3-1-4-8-22/h1-16,21,32H,17-20H2,(H2,31,36)(H,33,34). The number of rotatable bonds is 11. The number of nitrogens with zero attached hydrogens (tertiary/aromatic N) is 2. The van der Waals surface area contributed by atoms with Gasteiger partial charge < -0.3 is 20.2 Å². The molecule has 40 heavy (non-hydrogen) atoms. The van der Waals surface area contributed by atoms with Gasteiger partial charge in [0, 0.05) is 24.8 Å². The molecular weight excluding hydrogens is 526 g/mol. The summed E-state index contributed by atoms with van der Waals surface area (Å²) in [6.07, 6.45) is 1.45. The first kappa shape index (κ1) is 26.8. The van der Waals surface area contributed by atoms with Crippen molar-refractivity contribution in [1.29, 1.82) is 0 Å². The molecule has 0 radical (unpaired) electrons. The maximum atomic E-state index is 12.9. The average molecular weight is 556 g/mol. The number of H-pyrrole nitrogens is 1. The largest absolute Gasteiger partial charge is 0.385 e. The Morgan fingerprint density at radius 1 is 0.875 bits per heavy atom. The number of primary amides is 1. The number of urea groups is 1. The van der Waals surface area contributed by atoms with E-state index in [1.165, 1.54) is 34.7 Å². The van der Waals surface area contributed by atoms with Gasteiger partial charge >= 0.3 is 16.1 Å². The highest BCUT2D eigenvalue weighted by Gasteiger charge is 2.19. The third kappa shape index (κ3) is 6.59. The maximum Gasteiger partial charge on any atom is 0.339 e. The lowest BCUT2D eigenvalue weighted by molar-refractivity contribution is 0.253. The number of fused-ring (bicyclic) bond motifs is 1.